The van der Waals surface area contributed by atoms with Gasteiger partial charge in [-0.05, 0) is 13.5 Å². The molecule has 0 bridgehead atoms. The van der Waals surface area contributed by atoms with E-state index in [1.165, 1.54) is 20.0 Å². The molecular formula is C7H21N2+. The Morgan fingerprint density at radius 2 is 1.44 bits per heavy atom. The van der Waals surface area contributed by atoms with Crippen molar-refractivity contribution in [3.8, 4) is 0 Å². The Kier molecular flexibility index (Phi) is 7.85. The Hall–Kier alpha value is -0.0800. The Labute approximate surface area is 59.2 Å². The molecule has 0 aromatic rings. The number of hydrogen-bond acceptors (Lipinski definition) is 1. The van der Waals surface area contributed by atoms with Gasteiger partial charge in [-0.3, -0.25) is 0 Å². The standard InChI is InChI=1S/C6H16N.CH5N/c1-5-6-7(2,3)4;1-2/h5-6H2,1-4H3;2H2,1H3/q+1;. The van der Waals surface area contributed by atoms with Crippen molar-refractivity contribution < 1.29 is 4.48 Å². The van der Waals surface area contributed by atoms with Crippen molar-refractivity contribution in [3.63, 3.8) is 0 Å². The zero-order valence-corrected chi connectivity index (χ0v) is 7.44. The van der Waals surface area contributed by atoms with Crippen molar-refractivity contribution in [1.29, 1.82) is 0 Å². The van der Waals surface area contributed by atoms with Crippen LogP contribution in [0.25, 0.3) is 0 Å². The maximum Gasteiger partial charge on any atom is 0.0777 e. The van der Waals surface area contributed by atoms with E-state index in [0.717, 1.165) is 4.48 Å². The number of hydrogen-bond donors (Lipinski definition) is 1. The summed E-state index contributed by atoms with van der Waals surface area (Å²) in [5.41, 5.74) is 4.50. The van der Waals surface area contributed by atoms with Crippen molar-refractivity contribution >= 4 is 0 Å². The van der Waals surface area contributed by atoms with Crippen LogP contribution in [0, 0.1) is 0 Å². The summed E-state index contributed by atoms with van der Waals surface area (Å²) in [5, 5.41) is 0. The molecule has 0 atom stereocenters. The number of rotatable bonds is 2. The van der Waals surface area contributed by atoms with Crippen molar-refractivity contribution in [2.45, 2.75) is 13.3 Å². The summed E-state index contributed by atoms with van der Waals surface area (Å²) < 4.78 is 1.09. The highest BCUT2D eigenvalue weighted by molar-refractivity contribution is 4.20. The van der Waals surface area contributed by atoms with Crippen molar-refractivity contribution in [3.05, 3.63) is 0 Å². The first-order valence-electron chi connectivity index (χ1n) is 3.44. The summed E-state index contributed by atoms with van der Waals surface area (Å²) >= 11 is 0. The summed E-state index contributed by atoms with van der Waals surface area (Å²) in [6, 6.07) is 0. The quantitative estimate of drug-likeness (QED) is 0.551. The third kappa shape index (κ3) is 18.1. The largest absolute Gasteiger partial charge is 0.333 e. The third-order valence-electron chi connectivity index (χ3n) is 0.894. The molecule has 0 aromatic carbocycles. The second-order valence-electron chi connectivity index (χ2n) is 3.01. The van der Waals surface area contributed by atoms with Gasteiger partial charge in [-0.2, -0.15) is 0 Å². The lowest BCUT2D eigenvalue weighted by molar-refractivity contribution is -0.870. The van der Waals surface area contributed by atoms with Crippen LogP contribution < -0.4 is 5.73 Å². The number of nitrogens with two attached hydrogens (primary N) is 1. The van der Waals surface area contributed by atoms with Gasteiger partial charge in [-0.1, -0.05) is 6.92 Å². The molecule has 0 aliphatic heterocycles. The van der Waals surface area contributed by atoms with E-state index in [4.69, 9.17) is 0 Å². The topological polar surface area (TPSA) is 26.0 Å². The van der Waals surface area contributed by atoms with Crippen molar-refractivity contribution in [2.24, 2.45) is 5.73 Å². The average Bonchev–Trinajstić information content (AvgIpc) is 1.69. The lowest BCUT2D eigenvalue weighted by atomic mass is 10.4. The fourth-order valence-corrected chi connectivity index (χ4v) is 0.671. The fraction of sp³-hybridized carbons (Fsp3) is 1.00. The molecule has 0 fully saturated rings. The van der Waals surface area contributed by atoms with E-state index < -0.39 is 0 Å². The van der Waals surface area contributed by atoms with Crippen LogP contribution >= 0.6 is 0 Å². The van der Waals surface area contributed by atoms with Gasteiger partial charge in [-0.25, -0.2) is 0 Å². The van der Waals surface area contributed by atoms with Gasteiger partial charge in [0.1, 0.15) is 0 Å². The fourth-order valence-electron chi connectivity index (χ4n) is 0.671. The molecule has 0 spiro atoms. The maximum atomic E-state index is 4.50. The lowest BCUT2D eigenvalue weighted by Gasteiger charge is -2.22. The first kappa shape index (κ1) is 11.7. The molecule has 0 amide bonds. The van der Waals surface area contributed by atoms with E-state index in [-0.39, 0.29) is 0 Å². The minimum absolute atomic E-state index is 1.09. The molecule has 2 heteroatoms. The first-order chi connectivity index (χ1) is 4.06. The highest BCUT2D eigenvalue weighted by Crippen LogP contribution is 1.90. The highest BCUT2D eigenvalue weighted by atomic mass is 15.3. The van der Waals surface area contributed by atoms with Crippen molar-refractivity contribution in [1.82, 2.24) is 0 Å². The van der Waals surface area contributed by atoms with Gasteiger partial charge in [-0.15, -0.1) is 0 Å². The zero-order valence-electron chi connectivity index (χ0n) is 7.44. The molecular weight excluding hydrogens is 112 g/mol. The van der Waals surface area contributed by atoms with E-state index in [2.05, 4.69) is 33.8 Å². The van der Waals surface area contributed by atoms with Crippen LogP contribution in [0.1, 0.15) is 13.3 Å². The van der Waals surface area contributed by atoms with E-state index in [0.29, 0.717) is 0 Å². The molecule has 0 radical (unpaired) electrons. The summed E-state index contributed by atoms with van der Waals surface area (Å²) in [4.78, 5) is 0. The van der Waals surface area contributed by atoms with Crippen LogP contribution in [0.2, 0.25) is 0 Å². The molecule has 0 unspecified atom stereocenters. The molecule has 58 valence electrons. The minimum Gasteiger partial charge on any atom is -0.333 e. The Balaban J connectivity index is 0. The molecule has 9 heavy (non-hydrogen) atoms. The van der Waals surface area contributed by atoms with Crippen LogP contribution in [0.3, 0.4) is 0 Å². The van der Waals surface area contributed by atoms with Crippen LogP contribution in [-0.4, -0.2) is 39.2 Å². The second-order valence-corrected chi connectivity index (χ2v) is 3.01. The maximum absolute atomic E-state index is 4.50. The lowest BCUT2D eigenvalue weighted by Crippen LogP contribution is -2.34. The van der Waals surface area contributed by atoms with E-state index in [1.54, 1.807) is 0 Å². The van der Waals surface area contributed by atoms with Gasteiger partial charge in [0, 0.05) is 0 Å². The Morgan fingerprint density at radius 1 is 1.11 bits per heavy atom. The number of nitrogens with zero attached hydrogens (tertiary/aromatic N) is 1. The molecule has 2 N–H and O–H groups in total. The van der Waals surface area contributed by atoms with Gasteiger partial charge in [0.25, 0.3) is 0 Å². The molecule has 0 rings (SSSR count). The third-order valence-corrected chi connectivity index (χ3v) is 0.894. The summed E-state index contributed by atoms with van der Waals surface area (Å²) in [5.74, 6) is 0. The minimum atomic E-state index is 1.09. The van der Waals surface area contributed by atoms with Crippen molar-refractivity contribution in [2.75, 3.05) is 34.7 Å². The van der Waals surface area contributed by atoms with Gasteiger partial charge < -0.3 is 10.2 Å². The van der Waals surface area contributed by atoms with Gasteiger partial charge in [0.05, 0.1) is 27.7 Å². The van der Waals surface area contributed by atoms with Crippen LogP contribution in [0.5, 0.6) is 0 Å². The molecule has 2 nitrogen and oxygen atoms in total. The second kappa shape index (κ2) is 6.05. The molecule has 0 saturated carbocycles. The summed E-state index contributed by atoms with van der Waals surface area (Å²) in [6.07, 6.45) is 1.28. The smallest absolute Gasteiger partial charge is 0.0777 e. The van der Waals surface area contributed by atoms with E-state index in [1.807, 2.05) is 0 Å². The molecule has 0 aliphatic carbocycles. The summed E-state index contributed by atoms with van der Waals surface area (Å²) in [6.45, 7) is 3.49. The summed E-state index contributed by atoms with van der Waals surface area (Å²) in [7, 11) is 8.14. The average molecular weight is 133 g/mol. The predicted molar refractivity (Wildman–Crippen MR) is 43.3 cm³/mol. The normalized spacial score (nSPS) is 10.0. The Bertz CT molecular complexity index is 45.4. The zero-order chi connectivity index (χ0) is 7.91. The van der Waals surface area contributed by atoms with Gasteiger partial charge >= 0.3 is 0 Å². The van der Waals surface area contributed by atoms with E-state index in [9.17, 15) is 0 Å². The molecule has 0 saturated heterocycles. The van der Waals surface area contributed by atoms with Crippen LogP contribution in [0.4, 0.5) is 0 Å². The molecule has 0 aliphatic rings. The van der Waals surface area contributed by atoms with Gasteiger partial charge in [0.2, 0.25) is 0 Å². The van der Waals surface area contributed by atoms with E-state index >= 15 is 0 Å². The predicted octanol–water partition coefficient (Wildman–Crippen LogP) is 0.678. The number of quaternary nitrogens is 1. The highest BCUT2D eigenvalue weighted by Gasteiger charge is 2.01. The van der Waals surface area contributed by atoms with Gasteiger partial charge in [0.15, 0.2) is 0 Å². The molecule has 0 aromatic heterocycles. The monoisotopic (exact) mass is 133 g/mol. The SMILES string of the molecule is CCC[N+](C)(C)C.CN. The Morgan fingerprint density at radius 3 is 1.44 bits per heavy atom. The van der Waals surface area contributed by atoms with Crippen LogP contribution in [-0.2, 0) is 0 Å². The molecule has 0 heterocycles. The van der Waals surface area contributed by atoms with Crippen LogP contribution in [0.15, 0.2) is 0 Å². The first-order valence-corrected chi connectivity index (χ1v) is 3.44.